The van der Waals surface area contributed by atoms with E-state index in [1.165, 1.54) is 10.8 Å². The molecule has 1 aliphatic carbocycles. The molecule has 0 spiro atoms. The number of aromatic nitrogens is 1. The van der Waals surface area contributed by atoms with Crippen molar-refractivity contribution in [3.63, 3.8) is 0 Å². The number of hydrogen-bond acceptors (Lipinski definition) is 2. The molecular weight excluding hydrogens is 234 g/mol. The Morgan fingerprint density at radius 3 is 2.84 bits per heavy atom. The third-order valence-corrected chi connectivity index (χ3v) is 3.61. The van der Waals surface area contributed by atoms with E-state index in [4.69, 9.17) is 0 Å². The summed E-state index contributed by atoms with van der Waals surface area (Å²) in [5.74, 6) is 0.125. The number of ketones is 1. The predicted octanol–water partition coefficient (Wildman–Crippen LogP) is 1.92. The van der Waals surface area contributed by atoms with Crippen molar-refractivity contribution in [2.75, 3.05) is 0 Å². The normalized spacial score (nSPS) is 14.0. The second-order valence-electron chi connectivity index (χ2n) is 4.84. The number of nitrogens with zero attached hydrogens (tertiary/aromatic N) is 1. The van der Waals surface area contributed by atoms with Gasteiger partial charge in [0.15, 0.2) is 5.78 Å². The maximum absolute atomic E-state index is 11.4. The van der Waals surface area contributed by atoms with Crippen LogP contribution in [0.25, 0.3) is 33.8 Å². The Kier molecular flexibility index (Phi) is 2.06. The SMILES string of the molecule is O=C1C=c2nc3ccc4ccccc4c3cc2=CC1. The highest BCUT2D eigenvalue weighted by atomic mass is 16.1. The third-order valence-electron chi connectivity index (χ3n) is 3.61. The minimum Gasteiger partial charge on any atom is -0.294 e. The fourth-order valence-corrected chi connectivity index (χ4v) is 2.66. The summed E-state index contributed by atoms with van der Waals surface area (Å²) in [6.07, 6.45) is 4.08. The highest BCUT2D eigenvalue weighted by molar-refractivity contribution is 6.10. The number of carbonyl (C=O) groups is 1. The summed E-state index contributed by atoms with van der Waals surface area (Å²) < 4.78 is 0. The fourth-order valence-electron chi connectivity index (χ4n) is 2.66. The van der Waals surface area contributed by atoms with E-state index in [1.54, 1.807) is 6.08 Å². The Morgan fingerprint density at radius 2 is 1.89 bits per heavy atom. The maximum Gasteiger partial charge on any atom is 0.161 e. The van der Waals surface area contributed by atoms with E-state index in [1.807, 2.05) is 24.3 Å². The number of fused-ring (bicyclic) bond motifs is 4. The van der Waals surface area contributed by atoms with Gasteiger partial charge in [-0.2, -0.15) is 0 Å². The third kappa shape index (κ3) is 1.57. The van der Waals surface area contributed by atoms with Gasteiger partial charge in [0, 0.05) is 17.9 Å². The van der Waals surface area contributed by atoms with E-state index < -0.39 is 0 Å². The molecule has 1 aliphatic rings. The molecule has 0 amide bonds. The van der Waals surface area contributed by atoms with Gasteiger partial charge in [0.25, 0.3) is 0 Å². The standard InChI is InChI=1S/C17H11NO/c19-13-7-5-12-9-15-14-4-2-1-3-11(14)6-8-16(15)18-17(12)10-13/h1-6,8-10H,7H2. The van der Waals surface area contributed by atoms with Crippen LogP contribution in [-0.2, 0) is 4.79 Å². The molecule has 19 heavy (non-hydrogen) atoms. The minimum atomic E-state index is 0.125. The number of rotatable bonds is 0. The van der Waals surface area contributed by atoms with Gasteiger partial charge in [0.1, 0.15) is 0 Å². The lowest BCUT2D eigenvalue weighted by Gasteiger charge is -2.05. The van der Waals surface area contributed by atoms with Gasteiger partial charge >= 0.3 is 0 Å². The summed E-state index contributed by atoms with van der Waals surface area (Å²) in [5.41, 5.74) is 0.941. The highest BCUT2D eigenvalue weighted by Crippen LogP contribution is 2.22. The van der Waals surface area contributed by atoms with Crippen LogP contribution in [0.4, 0.5) is 0 Å². The first-order valence-electron chi connectivity index (χ1n) is 6.34. The summed E-state index contributed by atoms with van der Waals surface area (Å²) in [7, 11) is 0. The van der Waals surface area contributed by atoms with Crippen LogP contribution in [0.3, 0.4) is 0 Å². The largest absolute Gasteiger partial charge is 0.294 e. The zero-order valence-electron chi connectivity index (χ0n) is 10.3. The average molecular weight is 245 g/mol. The van der Waals surface area contributed by atoms with Crippen molar-refractivity contribution in [2.45, 2.75) is 6.42 Å². The van der Waals surface area contributed by atoms with E-state index in [-0.39, 0.29) is 5.78 Å². The number of carbonyl (C=O) groups excluding carboxylic acids is 1. The van der Waals surface area contributed by atoms with Crippen molar-refractivity contribution in [1.82, 2.24) is 4.98 Å². The van der Waals surface area contributed by atoms with E-state index >= 15 is 0 Å². The monoisotopic (exact) mass is 245 g/mol. The van der Waals surface area contributed by atoms with E-state index in [0.29, 0.717) is 6.42 Å². The van der Waals surface area contributed by atoms with Gasteiger partial charge in [-0.15, -0.1) is 0 Å². The molecular formula is C17H11NO. The molecule has 0 bridgehead atoms. The topological polar surface area (TPSA) is 30.0 Å². The van der Waals surface area contributed by atoms with Crippen LogP contribution in [0.1, 0.15) is 6.42 Å². The van der Waals surface area contributed by atoms with Gasteiger partial charge in [0.2, 0.25) is 0 Å². The number of benzene rings is 2. The molecule has 0 saturated carbocycles. The van der Waals surface area contributed by atoms with Gasteiger partial charge in [-0.1, -0.05) is 36.4 Å². The second kappa shape index (κ2) is 3.75. The molecule has 90 valence electrons. The van der Waals surface area contributed by atoms with Crippen LogP contribution in [0.15, 0.2) is 42.5 Å². The van der Waals surface area contributed by atoms with Crippen LogP contribution in [0.2, 0.25) is 0 Å². The van der Waals surface area contributed by atoms with Crippen molar-refractivity contribution in [3.8, 4) is 0 Å². The van der Waals surface area contributed by atoms with Crippen LogP contribution >= 0.6 is 0 Å². The van der Waals surface area contributed by atoms with Crippen LogP contribution in [-0.4, -0.2) is 10.8 Å². The lowest BCUT2D eigenvalue weighted by molar-refractivity contribution is -0.112. The fraction of sp³-hybridized carbons (Fsp3) is 0.0588. The zero-order valence-corrected chi connectivity index (χ0v) is 10.3. The number of Topliss-reactive ketones (excluding diaryl/α,β-unsaturated/α-hetero) is 1. The summed E-state index contributed by atoms with van der Waals surface area (Å²) in [5, 5.41) is 5.42. The van der Waals surface area contributed by atoms with Gasteiger partial charge < -0.3 is 0 Å². The van der Waals surface area contributed by atoms with E-state index in [9.17, 15) is 4.79 Å². The summed E-state index contributed by atoms with van der Waals surface area (Å²) in [6.45, 7) is 0. The molecule has 0 fully saturated rings. The molecule has 0 atom stereocenters. The maximum atomic E-state index is 11.4. The minimum absolute atomic E-state index is 0.125. The van der Waals surface area contributed by atoms with Gasteiger partial charge in [0.05, 0.1) is 10.9 Å². The lowest BCUT2D eigenvalue weighted by atomic mass is 10.0. The molecule has 2 heteroatoms. The van der Waals surface area contributed by atoms with Crippen molar-refractivity contribution < 1.29 is 4.79 Å². The van der Waals surface area contributed by atoms with Gasteiger partial charge in [-0.3, -0.25) is 4.79 Å². The Morgan fingerprint density at radius 1 is 1.00 bits per heavy atom. The smallest absolute Gasteiger partial charge is 0.161 e. The lowest BCUT2D eigenvalue weighted by Crippen LogP contribution is -2.32. The van der Waals surface area contributed by atoms with Crippen LogP contribution in [0, 0.1) is 0 Å². The van der Waals surface area contributed by atoms with E-state index in [2.05, 4.69) is 29.2 Å². The molecule has 4 rings (SSSR count). The highest BCUT2D eigenvalue weighted by Gasteiger charge is 2.06. The zero-order chi connectivity index (χ0) is 12.8. The summed E-state index contributed by atoms with van der Waals surface area (Å²) in [4.78, 5) is 16.1. The molecule has 3 aromatic rings. The van der Waals surface area contributed by atoms with Gasteiger partial charge in [-0.25, -0.2) is 4.98 Å². The molecule has 2 aromatic carbocycles. The Hall–Kier alpha value is -2.48. The first-order valence-corrected chi connectivity index (χ1v) is 6.34. The molecule has 0 radical (unpaired) electrons. The Bertz CT molecular complexity index is 954. The molecule has 1 heterocycles. The number of pyridine rings is 1. The molecule has 0 unspecified atom stereocenters. The first-order chi connectivity index (χ1) is 9.31. The van der Waals surface area contributed by atoms with Crippen molar-refractivity contribution in [2.24, 2.45) is 0 Å². The molecule has 0 saturated heterocycles. The first kappa shape index (κ1) is 10.4. The summed E-state index contributed by atoms with van der Waals surface area (Å²) >= 11 is 0. The predicted molar refractivity (Wildman–Crippen MR) is 77.1 cm³/mol. The van der Waals surface area contributed by atoms with Crippen LogP contribution in [0.5, 0.6) is 0 Å². The molecule has 0 N–H and O–H groups in total. The molecule has 0 aliphatic heterocycles. The van der Waals surface area contributed by atoms with Gasteiger partial charge in [-0.05, 0) is 28.1 Å². The molecule has 2 nitrogen and oxygen atoms in total. The quantitative estimate of drug-likeness (QED) is 0.566. The Labute approximate surface area is 109 Å². The molecule has 1 aromatic heterocycles. The number of hydrogen-bond donors (Lipinski definition) is 0. The van der Waals surface area contributed by atoms with Crippen LogP contribution < -0.4 is 10.6 Å². The van der Waals surface area contributed by atoms with E-state index in [0.717, 1.165) is 21.5 Å². The van der Waals surface area contributed by atoms with Crippen molar-refractivity contribution in [1.29, 1.82) is 0 Å². The summed E-state index contributed by atoms with van der Waals surface area (Å²) in [6, 6.07) is 14.5. The van der Waals surface area contributed by atoms with Crippen molar-refractivity contribution >= 4 is 39.6 Å². The van der Waals surface area contributed by atoms with Crippen molar-refractivity contribution in [3.05, 3.63) is 53.0 Å². The average Bonchev–Trinajstić information content (AvgIpc) is 2.45. The Balaban J connectivity index is 2.23. The second-order valence-corrected chi connectivity index (χ2v) is 4.84.